The van der Waals surface area contributed by atoms with Crippen LogP contribution in [0, 0.1) is 0 Å². The average Bonchev–Trinajstić information content (AvgIpc) is 3.18. The SMILES string of the molecule is COc1cc2c(cc1OC)N(CCCCNC(=O)c1cc(Br)cc(OC)c1OC)CC2. The van der Waals surface area contributed by atoms with Crippen LogP contribution in [0.1, 0.15) is 28.8 Å². The number of hydrogen-bond donors (Lipinski definition) is 1. The molecule has 0 unspecified atom stereocenters. The molecule has 1 heterocycles. The van der Waals surface area contributed by atoms with Gasteiger partial charge in [-0.3, -0.25) is 4.79 Å². The van der Waals surface area contributed by atoms with Gasteiger partial charge < -0.3 is 29.2 Å². The van der Waals surface area contributed by atoms with Gasteiger partial charge in [-0.25, -0.2) is 0 Å². The van der Waals surface area contributed by atoms with Gasteiger partial charge in [0.05, 0.1) is 34.0 Å². The normalized spacial score (nSPS) is 12.4. The molecule has 8 heteroatoms. The molecule has 0 saturated carbocycles. The molecule has 0 atom stereocenters. The number of unbranched alkanes of at least 4 members (excludes halogenated alkanes) is 1. The highest BCUT2D eigenvalue weighted by molar-refractivity contribution is 9.10. The van der Waals surface area contributed by atoms with Crippen molar-refractivity contribution in [1.82, 2.24) is 5.32 Å². The maximum absolute atomic E-state index is 12.7. The third-order valence-electron chi connectivity index (χ3n) is 5.41. The minimum absolute atomic E-state index is 0.181. The van der Waals surface area contributed by atoms with Gasteiger partial charge in [0.1, 0.15) is 0 Å². The summed E-state index contributed by atoms with van der Waals surface area (Å²) >= 11 is 3.41. The summed E-state index contributed by atoms with van der Waals surface area (Å²) in [4.78, 5) is 15.0. The second-order valence-electron chi connectivity index (χ2n) is 7.22. The van der Waals surface area contributed by atoms with Crippen LogP contribution in [0.25, 0.3) is 0 Å². The Morgan fingerprint density at radius 2 is 1.68 bits per heavy atom. The summed E-state index contributed by atoms with van der Waals surface area (Å²) in [6, 6.07) is 7.62. The molecule has 0 bridgehead atoms. The number of anilines is 1. The number of fused-ring (bicyclic) bond motifs is 1. The van der Waals surface area contributed by atoms with E-state index in [0.717, 1.165) is 48.3 Å². The van der Waals surface area contributed by atoms with Crippen molar-refractivity contribution >= 4 is 27.5 Å². The maximum Gasteiger partial charge on any atom is 0.255 e. The standard InChI is InChI=1S/C23H29BrN2O5/c1-28-19-11-15-7-10-26(18(15)14-20(19)29-2)9-6-5-8-25-23(27)17-12-16(24)13-21(30-3)22(17)31-4/h11-14H,5-10H2,1-4H3,(H,25,27). The maximum atomic E-state index is 12.7. The number of carbonyl (C=O) groups excluding carboxylic acids is 1. The van der Waals surface area contributed by atoms with Gasteiger partial charge in [0.25, 0.3) is 5.91 Å². The minimum Gasteiger partial charge on any atom is -0.493 e. The zero-order chi connectivity index (χ0) is 22.4. The lowest BCUT2D eigenvalue weighted by Gasteiger charge is -2.20. The zero-order valence-electron chi connectivity index (χ0n) is 18.4. The molecule has 1 amide bonds. The quantitative estimate of drug-likeness (QED) is 0.504. The molecule has 0 radical (unpaired) electrons. The summed E-state index contributed by atoms with van der Waals surface area (Å²) in [5.74, 6) is 2.28. The molecule has 1 N–H and O–H groups in total. The fourth-order valence-corrected chi connectivity index (χ4v) is 4.27. The molecule has 0 spiro atoms. The van der Waals surface area contributed by atoms with Crippen molar-refractivity contribution in [3.63, 3.8) is 0 Å². The monoisotopic (exact) mass is 492 g/mol. The zero-order valence-corrected chi connectivity index (χ0v) is 20.0. The Balaban J connectivity index is 1.52. The highest BCUT2D eigenvalue weighted by Gasteiger charge is 2.22. The molecule has 1 aliphatic rings. The Morgan fingerprint density at radius 3 is 2.35 bits per heavy atom. The van der Waals surface area contributed by atoms with Gasteiger partial charge in [0.15, 0.2) is 23.0 Å². The van der Waals surface area contributed by atoms with E-state index < -0.39 is 0 Å². The second kappa shape index (κ2) is 10.6. The topological polar surface area (TPSA) is 69.3 Å². The third kappa shape index (κ3) is 5.18. The summed E-state index contributed by atoms with van der Waals surface area (Å²) in [5, 5.41) is 2.98. The van der Waals surface area contributed by atoms with Crippen LogP contribution in [0.3, 0.4) is 0 Å². The number of carbonyl (C=O) groups is 1. The highest BCUT2D eigenvalue weighted by Crippen LogP contribution is 2.38. The molecular formula is C23H29BrN2O5. The van der Waals surface area contributed by atoms with Gasteiger partial charge in [0.2, 0.25) is 0 Å². The number of amides is 1. The Hall–Kier alpha value is -2.61. The van der Waals surface area contributed by atoms with E-state index >= 15 is 0 Å². The molecule has 2 aromatic rings. The lowest BCUT2D eigenvalue weighted by molar-refractivity contribution is 0.0949. The molecular weight excluding hydrogens is 464 g/mol. The molecule has 7 nitrogen and oxygen atoms in total. The van der Waals surface area contributed by atoms with Gasteiger partial charge in [-0.15, -0.1) is 0 Å². The summed E-state index contributed by atoms with van der Waals surface area (Å²) < 4.78 is 22.3. The number of nitrogens with one attached hydrogen (secondary N) is 1. The number of nitrogens with zero attached hydrogens (tertiary/aromatic N) is 1. The van der Waals surface area contributed by atoms with E-state index in [2.05, 4.69) is 38.3 Å². The first-order valence-corrected chi connectivity index (χ1v) is 11.0. The summed E-state index contributed by atoms with van der Waals surface area (Å²) in [6.07, 6.45) is 2.84. The van der Waals surface area contributed by atoms with Gasteiger partial charge >= 0.3 is 0 Å². The molecule has 0 fully saturated rings. The molecule has 3 rings (SSSR count). The Kier molecular flexibility index (Phi) is 7.90. The Morgan fingerprint density at radius 1 is 0.968 bits per heavy atom. The highest BCUT2D eigenvalue weighted by atomic mass is 79.9. The predicted molar refractivity (Wildman–Crippen MR) is 124 cm³/mol. The van der Waals surface area contributed by atoms with E-state index in [0.29, 0.717) is 23.6 Å². The van der Waals surface area contributed by atoms with Crippen LogP contribution in [0.15, 0.2) is 28.7 Å². The van der Waals surface area contributed by atoms with E-state index in [9.17, 15) is 4.79 Å². The van der Waals surface area contributed by atoms with Gasteiger partial charge in [-0.05, 0) is 43.0 Å². The molecule has 31 heavy (non-hydrogen) atoms. The first-order valence-electron chi connectivity index (χ1n) is 10.2. The number of methoxy groups -OCH3 is 4. The largest absolute Gasteiger partial charge is 0.493 e. The molecule has 0 aliphatic carbocycles. The van der Waals surface area contributed by atoms with Crippen molar-refractivity contribution in [3.8, 4) is 23.0 Å². The molecule has 1 aliphatic heterocycles. The van der Waals surface area contributed by atoms with Crippen LogP contribution in [0.2, 0.25) is 0 Å². The predicted octanol–water partition coefficient (Wildman–Crippen LogP) is 4.06. The number of benzene rings is 2. The first-order chi connectivity index (χ1) is 15.0. The fraction of sp³-hybridized carbons (Fsp3) is 0.435. The summed E-state index contributed by atoms with van der Waals surface area (Å²) in [5.41, 5.74) is 2.93. The van der Waals surface area contributed by atoms with Gasteiger partial charge in [-0.2, -0.15) is 0 Å². The van der Waals surface area contributed by atoms with Crippen LogP contribution >= 0.6 is 15.9 Å². The lowest BCUT2D eigenvalue weighted by Crippen LogP contribution is -2.27. The number of rotatable bonds is 10. The van der Waals surface area contributed by atoms with Crippen molar-refractivity contribution < 1.29 is 23.7 Å². The van der Waals surface area contributed by atoms with Crippen LogP contribution in [0.5, 0.6) is 23.0 Å². The van der Waals surface area contributed by atoms with Crippen molar-refractivity contribution in [2.24, 2.45) is 0 Å². The van der Waals surface area contributed by atoms with Crippen LogP contribution < -0.4 is 29.2 Å². The second-order valence-corrected chi connectivity index (χ2v) is 8.14. The summed E-state index contributed by atoms with van der Waals surface area (Å²) in [7, 11) is 6.39. The van der Waals surface area contributed by atoms with Crippen LogP contribution in [-0.4, -0.2) is 54.0 Å². The Bertz CT molecular complexity index is 935. The fourth-order valence-electron chi connectivity index (χ4n) is 3.84. The molecule has 0 aromatic heterocycles. The van der Waals surface area contributed by atoms with Crippen molar-refractivity contribution in [1.29, 1.82) is 0 Å². The number of halogens is 1. The molecule has 2 aromatic carbocycles. The van der Waals surface area contributed by atoms with Crippen LogP contribution in [-0.2, 0) is 6.42 Å². The number of hydrogen-bond acceptors (Lipinski definition) is 6. The smallest absolute Gasteiger partial charge is 0.255 e. The number of ether oxygens (including phenoxy) is 4. The van der Waals surface area contributed by atoms with Gasteiger partial charge in [0, 0.05) is 35.9 Å². The van der Waals surface area contributed by atoms with E-state index in [1.807, 2.05) is 0 Å². The van der Waals surface area contributed by atoms with Crippen molar-refractivity contribution in [3.05, 3.63) is 39.9 Å². The van der Waals surface area contributed by atoms with E-state index in [1.54, 1.807) is 33.5 Å². The first kappa shape index (κ1) is 23.1. The van der Waals surface area contributed by atoms with Crippen molar-refractivity contribution in [2.45, 2.75) is 19.3 Å². The van der Waals surface area contributed by atoms with E-state index in [4.69, 9.17) is 18.9 Å². The third-order valence-corrected chi connectivity index (χ3v) is 5.86. The van der Waals surface area contributed by atoms with Crippen molar-refractivity contribution in [2.75, 3.05) is 53.0 Å². The summed E-state index contributed by atoms with van der Waals surface area (Å²) in [6.45, 7) is 2.49. The molecule has 168 valence electrons. The average molecular weight is 493 g/mol. The van der Waals surface area contributed by atoms with Crippen LogP contribution in [0.4, 0.5) is 5.69 Å². The van der Waals surface area contributed by atoms with E-state index in [-0.39, 0.29) is 5.91 Å². The Labute approximate surface area is 191 Å². The van der Waals surface area contributed by atoms with E-state index in [1.165, 1.54) is 18.4 Å². The minimum atomic E-state index is -0.181. The lowest BCUT2D eigenvalue weighted by atomic mass is 10.1. The van der Waals surface area contributed by atoms with Gasteiger partial charge in [-0.1, -0.05) is 15.9 Å². The molecule has 0 saturated heterocycles.